The molecule has 0 bridgehead atoms. The minimum atomic E-state index is 0.0234. The van der Waals surface area contributed by atoms with Crippen LogP contribution in [0.2, 0.25) is 0 Å². The third-order valence-corrected chi connectivity index (χ3v) is 9.69. The summed E-state index contributed by atoms with van der Waals surface area (Å²) in [5, 5.41) is 10.7. The minimum Gasteiger partial charge on any atom is -0.378 e. The first-order chi connectivity index (χ1) is 19.5. The zero-order valence-electron chi connectivity index (χ0n) is 23.4. The maximum absolute atomic E-state index is 9.59. The maximum Gasteiger partial charge on any atom is 0.128 e. The Hall–Kier alpha value is -3.29. The number of hydrogen-bond acceptors (Lipinski definition) is 9. The van der Waals surface area contributed by atoms with Gasteiger partial charge in [0.25, 0.3) is 0 Å². The van der Waals surface area contributed by atoms with E-state index < -0.39 is 0 Å². The molecule has 6 heterocycles. The van der Waals surface area contributed by atoms with Crippen molar-refractivity contribution in [2.45, 2.75) is 56.6 Å². The number of fused-ring (bicyclic) bond motifs is 3. The van der Waals surface area contributed by atoms with Crippen LogP contribution in [-0.4, -0.2) is 96.4 Å². The fourth-order valence-electron chi connectivity index (χ4n) is 7.54. The topological polar surface area (TPSA) is 97.8 Å². The van der Waals surface area contributed by atoms with Crippen LogP contribution in [0.3, 0.4) is 0 Å². The number of aromatic nitrogens is 2. The standard InChI is InChI=1S/C31H38N8O/c1-20-14-37(28-6-5-21(12-32)31-26(28)4-3-8-34-31)16-25-11-24(17-39(20)25)36-9-7-22-13-35-30(10-23(22)15-36)38-18-27(33)29(19-38)40-2/h3-6,8,10,13,20,24-25,27,29H,7,9,11,14-19,33H2,1-2H3/t20-,24+,25+,27-,29-/m1/s1. The Morgan fingerprint density at radius 3 is 2.75 bits per heavy atom. The number of piperazine rings is 1. The number of nitrogens with two attached hydrogens (primary N) is 1. The van der Waals surface area contributed by atoms with Crippen molar-refractivity contribution in [2.24, 2.45) is 5.73 Å². The van der Waals surface area contributed by atoms with E-state index in [0.717, 1.165) is 69.0 Å². The third-order valence-electron chi connectivity index (χ3n) is 9.69. The van der Waals surface area contributed by atoms with E-state index in [1.807, 2.05) is 12.1 Å². The zero-order chi connectivity index (χ0) is 27.4. The summed E-state index contributed by atoms with van der Waals surface area (Å²) in [4.78, 5) is 19.6. The third kappa shape index (κ3) is 4.40. The number of benzene rings is 1. The van der Waals surface area contributed by atoms with E-state index in [4.69, 9.17) is 15.5 Å². The summed E-state index contributed by atoms with van der Waals surface area (Å²) in [6, 6.07) is 14.3. The molecule has 1 aromatic carbocycles. The van der Waals surface area contributed by atoms with Gasteiger partial charge in [0.15, 0.2) is 0 Å². The van der Waals surface area contributed by atoms with Crippen molar-refractivity contribution in [3.63, 3.8) is 0 Å². The second-order valence-corrected chi connectivity index (χ2v) is 12.0. The van der Waals surface area contributed by atoms with E-state index >= 15 is 0 Å². The molecule has 40 heavy (non-hydrogen) atoms. The highest BCUT2D eigenvalue weighted by atomic mass is 16.5. The lowest BCUT2D eigenvalue weighted by Crippen LogP contribution is -2.55. The van der Waals surface area contributed by atoms with Crippen molar-refractivity contribution in [1.82, 2.24) is 19.8 Å². The summed E-state index contributed by atoms with van der Waals surface area (Å²) < 4.78 is 5.57. The summed E-state index contributed by atoms with van der Waals surface area (Å²) in [6.45, 7) is 9.12. The van der Waals surface area contributed by atoms with E-state index in [0.29, 0.717) is 23.7 Å². The van der Waals surface area contributed by atoms with Crippen LogP contribution in [0.5, 0.6) is 0 Å². The van der Waals surface area contributed by atoms with Crippen LogP contribution in [0.25, 0.3) is 10.9 Å². The van der Waals surface area contributed by atoms with Gasteiger partial charge in [0.1, 0.15) is 11.9 Å². The largest absolute Gasteiger partial charge is 0.378 e. The average Bonchev–Trinajstić information content (AvgIpc) is 3.59. The van der Waals surface area contributed by atoms with Gasteiger partial charge in [-0.25, -0.2) is 4.98 Å². The number of methoxy groups -OCH3 is 1. The van der Waals surface area contributed by atoms with Gasteiger partial charge in [0.05, 0.1) is 23.2 Å². The summed E-state index contributed by atoms with van der Waals surface area (Å²) in [6.07, 6.45) is 6.15. The van der Waals surface area contributed by atoms with Crippen LogP contribution >= 0.6 is 0 Å². The minimum absolute atomic E-state index is 0.0234. The maximum atomic E-state index is 9.59. The first-order valence-electron chi connectivity index (χ1n) is 14.6. The molecule has 3 fully saturated rings. The number of rotatable bonds is 4. The first-order valence-corrected chi connectivity index (χ1v) is 14.6. The molecule has 0 unspecified atom stereocenters. The van der Waals surface area contributed by atoms with Gasteiger partial charge in [0, 0.05) is 94.5 Å². The van der Waals surface area contributed by atoms with Gasteiger partial charge in [-0.2, -0.15) is 5.26 Å². The second-order valence-electron chi connectivity index (χ2n) is 12.0. The molecule has 208 valence electrons. The van der Waals surface area contributed by atoms with E-state index in [2.05, 4.69) is 62.0 Å². The number of hydrogen-bond donors (Lipinski definition) is 1. The predicted octanol–water partition coefficient (Wildman–Crippen LogP) is 2.37. The van der Waals surface area contributed by atoms with Crippen LogP contribution in [-0.2, 0) is 17.7 Å². The molecule has 2 aromatic heterocycles. The smallest absolute Gasteiger partial charge is 0.128 e. The Morgan fingerprint density at radius 2 is 1.93 bits per heavy atom. The fourth-order valence-corrected chi connectivity index (χ4v) is 7.54. The van der Waals surface area contributed by atoms with E-state index in [-0.39, 0.29) is 12.1 Å². The Kier molecular flexibility index (Phi) is 6.59. The molecule has 4 aliphatic heterocycles. The van der Waals surface area contributed by atoms with Gasteiger partial charge < -0.3 is 20.3 Å². The normalized spacial score (nSPS) is 29.0. The Balaban J connectivity index is 1.07. The molecule has 3 aromatic rings. The lowest BCUT2D eigenvalue weighted by Gasteiger charge is -2.43. The molecule has 2 N–H and O–H groups in total. The van der Waals surface area contributed by atoms with Crippen molar-refractivity contribution in [1.29, 1.82) is 5.26 Å². The van der Waals surface area contributed by atoms with Crippen molar-refractivity contribution in [3.8, 4) is 6.07 Å². The number of nitrogens with zero attached hydrogens (tertiary/aromatic N) is 7. The van der Waals surface area contributed by atoms with Crippen LogP contribution < -0.4 is 15.5 Å². The van der Waals surface area contributed by atoms with Crippen molar-refractivity contribution in [2.75, 3.05) is 56.2 Å². The van der Waals surface area contributed by atoms with Crippen LogP contribution in [0.4, 0.5) is 11.5 Å². The molecule has 5 atom stereocenters. The second kappa shape index (κ2) is 10.3. The molecule has 0 radical (unpaired) electrons. The number of ether oxygens (including phenoxy) is 1. The van der Waals surface area contributed by atoms with Gasteiger partial charge in [-0.3, -0.25) is 14.8 Å². The summed E-state index contributed by atoms with van der Waals surface area (Å²) in [7, 11) is 1.74. The number of anilines is 2. The molecule has 9 heteroatoms. The van der Waals surface area contributed by atoms with E-state index in [1.54, 1.807) is 13.3 Å². The van der Waals surface area contributed by atoms with Gasteiger partial charge in [0.2, 0.25) is 0 Å². The molecule has 0 spiro atoms. The molecular formula is C31H38N8O. The summed E-state index contributed by atoms with van der Waals surface area (Å²) in [5.74, 6) is 1.02. The van der Waals surface area contributed by atoms with Crippen LogP contribution in [0.1, 0.15) is 30.0 Å². The van der Waals surface area contributed by atoms with Crippen LogP contribution in [0.15, 0.2) is 42.7 Å². The van der Waals surface area contributed by atoms with E-state index in [9.17, 15) is 5.26 Å². The van der Waals surface area contributed by atoms with Crippen LogP contribution in [0, 0.1) is 11.3 Å². The zero-order valence-corrected chi connectivity index (χ0v) is 23.4. The molecule has 7 rings (SSSR count). The molecular weight excluding hydrogens is 500 g/mol. The lowest BCUT2D eigenvalue weighted by atomic mass is 9.99. The first kappa shape index (κ1) is 25.7. The van der Waals surface area contributed by atoms with Crippen molar-refractivity contribution < 1.29 is 4.74 Å². The Morgan fingerprint density at radius 1 is 1.02 bits per heavy atom. The van der Waals surface area contributed by atoms with Crippen molar-refractivity contribution >= 4 is 22.4 Å². The van der Waals surface area contributed by atoms with Gasteiger partial charge in [-0.1, -0.05) is 0 Å². The molecule has 3 saturated heterocycles. The molecule has 0 saturated carbocycles. The fraction of sp³-hybridized carbons (Fsp3) is 0.516. The average molecular weight is 539 g/mol. The molecule has 4 aliphatic rings. The highest BCUT2D eigenvalue weighted by Crippen LogP contribution is 2.36. The van der Waals surface area contributed by atoms with Gasteiger partial charge in [-0.05, 0) is 61.2 Å². The molecule has 0 aliphatic carbocycles. The predicted molar refractivity (Wildman–Crippen MR) is 156 cm³/mol. The highest BCUT2D eigenvalue weighted by Gasteiger charge is 2.42. The number of nitriles is 1. The SMILES string of the molecule is CO[C@@H]1CN(c2cc3c(cn2)CCN([C@H]2C[C@H]4CN(c5ccc(C#N)c6ncccc56)C[C@@H](C)N4C2)C3)C[C@H]1N. The summed E-state index contributed by atoms with van der Waals surface area (Å²) in [5.41, 5.74) is 11.7. The van der Waals surface area contributed by atoms with Gasteiger partial charge in [-0.15, -0.1) is 0 Å². The lowest BCUT2D eigenvalue weighted by molar-refractivity contribution is 0.108. The number of pyridine rings is 2. The van der Waals surface area contributed by atoms with Gasteiger partial charge >= 0.3 is 0 Å². The summed E-state index contributed by atoms with van der Waals surface area (Å²) >= 11 is 0. The van der Waals surface area contributed by atoms with E-state index in [1.165, 1.54) is 23.2 Å². The molecule has 0 amide bonds. The van der Waals surface area contributed by atoms with Crippen molar-refractivity contribution in [3.05, 3.63) is 59.4 Å². The molecule has 9 nitrogen and oxygen atoms in total. The monoisotopic (exact) mass is 538 g/mol. The Labute approximate surface area is 236 Å². The Bertz CT molecular complexity index is 1460. The highest BCUT2D eigenvalue weighted by molar-refractivity contribution is 5.95. The quantitative estimate of drug-likeness (QED) is 0.537.